The number of hydrogen-bond donors (Lipinski definition) is 1. The molecule has 0 unspecified atom stereocenters. The molecule has 1 heterocycles. The van der Waals surface area contributed by atoms with E-state index in [1.165, 1.54) is 6.20 Å². The third kappa shape index (κ3) is 2.30. The Labute approximate surface area is 118 Å². The Morgan fingerprint density at radius 1 is 0.900 bits per heavy atom. The Hall–Kier alpha value is -2.55. The second-order valence-electron chi connectivity index (χ2n) is 4.79. The summed E-state index contributed by atoms with van der Waals surface area (Å²) in [7, 11) is 0. The Kier molecular flexibility index (Phi) is 3.25. The maximum atomic E-state index is 9.73. The minimum Gasteiger partial charge on any atom is -0.477 e. The molecule has 0 saturated carbocycles. The number of benzene rings is 2. The normalized spacial score (nSPS) is 22.0. The first kappa shape index (κ1) is 12.5. The van der Waals surface area contributed by atoms with E-state index in [0.29, 0.717) is 0 Å². The average Bonchev–Trinajstić information content (AvgIpc) is 2.48. The molecular formula is C17H16NO2+. The van der Waals surface area contributed by atoms with Gasteiger partial charge in [0.15, 0.2) is 6.10 Å². The zero-order valence-corrected chi connectivity index (χ0v) is 11.0. The molecule has 20 heavy (non-hydrogen) atoms. The molecule has 0 aromatic heterocycles. The average molecular weight is 266 g/mol. The van der Waals surface area contributed by atoms with Gasteiger partial charge in [-0.05, 0) is 5.56 Å². The van der Waals surface area contributed by atoms with E-state index < -0.39 is 0 Å². The van der Waals surface area contributed by atoms with Gasteiger partial charge in [0.2, 0.25) is 12.2 Å². The summed E-state index contributed by atoms with van der Waals surface area (Å²) in [6, 6.07) is 19.8. The third-order valence-electron chi connectivity index (χ3n) is 3.44. The number of hydrogen-bond acceptors (Lipinski definition) is 2. The van der Waals surface area contributed by atoms with Crippen LogP contribution in [0.4, 0.5) is 0 Å². The van der Waals surface area contributed by atoms with Crippen LogP contribution in [0, 0.1) is 0 Å². The van der Waals surface area contributed by atoms with Crippen molar-refractivity contribution in [3.63, 3.8) is 0 Å². The molecule has 0 radical (unpaired) electrons. The summed E-state index contributed by atoms with van der Waals surface area (Å²) >= 11 is 0. The molecule has 1 aliphatic rings. The van der Waals surface area contributed by atoms with Gasteiger partial charge in [-0.3, -0.25) is 0 Å². The first-order valence-electron chi connectivity index (χ1n) is 6.52. The lowest BCUT2D eigenvalue weighted by atomic mass is 9.94. The highest BCUT2D eigenvalue weighted by Gasteiger charge is 2.38. The van der Waals surface area contributed by atoms with Crippen LogP contribution < -0.4 is 0 Å². The summed E-state index contributed by atoms with van der Waals surface area (Å²) in [5.74, 6) is -0.110. The van der Waals surface area contributed by atoms with E-state index in [1.807, 2.05) is 60.7 Å². The third-order valence-corrected chi connectivity index (χ3v) is 3.44. The monoisotopic (exact) mass is 266 g/mol. The van der Waals surface area contributed by atoms with E-state index in [1.54, 1.807) is 4.58 Å². The first-order chi connectivity index (χ1) is 9.75. The molecule has 100 valence electrons. The number of aliphatic hydroxyl groups is 1. The topological polar surface area (TPSA) is 32.5 Å². The molecule has 0 bridgehead atoms. The van der Waals surface area contributed by atoms with Crippen molar-refractivity contribution in [3.8, 4) is 0 Å². The smallest absolute Gasteiger partial charge is 0.344 e. The van der Waals surface area contributed by atoms with Gasteiger partial charge in [0.25, 0.3) is 0 Å². The van der Waals surface area contributed by atoms with Crippen molar-refractivity contribution in [1.82, 2.24) is 0 Å². The standard InChI is InChI=1S/C17H15NO2/c1-18-12-15(19)20-17(14-10-6-3-7-11-14)16(18)13-8-4-2-5-9-13/h2-12,16-17H,1H2/p+1/t16-,17+/m1/s1. The van der Waals surface area contributed by atoms with Crippen LogP contribution in [0.5, 0.6) is 0 Å². The van der Waals surface area contributed by atoms with Crippen LogP contribution in [-0.4, -0.2) is 16.4 Å². The largest absolute Gasteiger partial charge is 0.477 e. The van der Waals surface area contributed by atoms with Crippen LogP contribution in [0.25, 0.3) is 0 Å². The molecule has 3 rings (SSSR count). The zero-order chi connectivity index (χ0) is 13.9. The Bertz CT molecular complexity index is 635. The lowest BCUT2D eigenvalue weighted by Gasteiger charge is -2.27. The zero-order valence-electron chi connectivity index (χ0n) is 11.0. The van der Waals surface area contributed by atoms with Crippen LogP contribution in [0.2, 0.25) is 0 Å². The van der Waals surface area contributed by atoms with Crippen LogP contribution in [0.15, 0.2) is 72.8 Å². The maximum Gasteiger partial charge on any atom is 0.344 e. The highest BCUT2D eigenvalue weighted by Crippen LogP contribution is 2.38. The number of aliphatic hydroxyl groups excluding tert-OH is 1. The molecule has 0 aliphatic carbocycles. The minimum atomic E-state index is -0.291. The number of rotatable bonds is 2. The molecule has 0 amide bonds. The van der Waals surface area contributed by atoms with Crippen molar-refractivity contribution in [3.05, 3.63) is 83.9 Å². The summed E-state index contributed by atoms with van der Waals surface area (Å²) in [5.41, 5.74) is 2.11. The van der Waals surface area contributed by atoms with Crippen LogP contribution >= 0.6 is 0 Å². The number of ether oxygens (including phenoxy) is 1. The summed E-state index contributed by atoms with van der Waals surface area (Å²) in [5, 5.41) is 9.73. The van der Waals surface area contributed by atoms with E-state index in [9.17, 15) is 5.11 Å². The highest BCUT2D eigenvalue weighted by atomic mass is 16.6. The summed E-state index contributed by atoms with van der Waals surface area (Å²) < 4.78 is 7.39. The molecule has 2 atom stereocenters. The molecule has 1 N–H and O–H groups in total. The van der Waals surface area contributed by atoms with Crippen molar-refractivity contribution >= 4 is 6.72 Å². The molecule has 0 saturated heterocycles. The molecule has 3 heteroatoms. The summed E-state index contributed by atoms with van der Waals surface area (Å²) in [6.45, 7) is 4.00. The second-order valence-corrected chi connectivity index (χ2v) is 4.79. The maximum absolute atomic E-state index is 9.73. The lowest BCUT2D eigenvalue weighted by molar-refractivity contribution is -0.531. The van der Waals surface area contributed by atoms with Gasteiger partial charge in [0, 0.05) is 5.56 Å². The van der Waals surface area contributed by atoms with Gasteiger partial charge in [-0.25, -0.2) is 0 Å². The van der Waals surface area contributed by atoms with Crippen molar-refractivity contribution in [2.24, 2.45) is 0 Å². The highest BCUT2D eigenvalue weighted by molar-refractivity contribution is 5.28. The van der Waals surface area contributed by atoms with Crippen molar-refractivity contribution in [2.45, 2.75) is 12.1 Å². The quantitative estimate of drug-likeness (QED) is 0.843. The van der Waals surface area contributed by atoms with Gasteiger partial charge in [-0.1, -0.05) is 60.7 Å². The molecule has 0 spiro atoms. The van der Waals surface area contributed by atoms with Crippen molar-refractivity contribution < 1.29 is 14.4 Å². The molecular weight excluding hydrogens is 250 g/mol. The first-order valence-corrected chi connectivity index (χ1v) is 6.52. The minimum absolute atomic E-state index is 0.0745. The predicted octanol–water partition coefficient (Wildman–Crippen LogP) is 3.57. The lowest BCUT2D eigenvalue weighted by Crippen LogP contribution is -2.27. The fraction of sp³-hybridized carbons (Fsp3) is 0.118. The Balaban J connectivity index is 2.06. The van der Waals surface area contributed by atoms with Crippen LogP contribution in [0.3, 0.4) is 0 Å². The fourth-order valence-corrected chi connectivity index (χ4v) is 2.53. The SMILES string of the molecule is C=[N+]1C=C(O)O[C@@H](c2ccccc2)[C@H]1c1ccccc1. The van der Waals surface area contributed by atoms with E-state index >= 15 is 0 Å². The molecule has 2 aromatic rings. The van der Waals surface area contributed by atoms with Gasteiger partial charge in [-0.2, -0.15) is 4.58 Å². The molecule has 3 nitrogen and oxygen atoms in total. The summed E-state index contributed by atoms with van der Waals surface area (Å²) in [6.07, 6.45) is 1.22. The predicted molar refractivity (Wildman–Crippen MR) is 77.5 cm³/mol. The van der Waals surface area contributed by atoms with Crippen molar-refractivity contribution in [2.75, 3.05) is 0 Å². The summed E-state index contributed by atoms with van der Waals surface area (Å²) in [4.78, 5) is 0. The van der Waals surface area contributed by atoms with E-state index in [2.05, 4.69) is 6.72 Å². The van der Waals surface area contributed by atoms with Crippen LogP contribution in [-0.2, 0) is 4.74 Å². The molecule has 2 aromatic carbocycles. The van der Waals surface area contributed by atoms with Crippen LogP contribution in [0.1, 0.15) is 23.3 Å². The fourth-order valence-electron chi connectivity index (χ4n) is 2.53. The van der Waals surface area contributed by atoms with E-state index in [0.717, 1.165) is 11.1 Å². The van der Waals surface area contributed by atoms with Gasteiger partial charge in [0.1, 0.15) is 6.72 Å². The van der Waals surface area contributed by atoms with Gasteiger partial charge >= 0.3 is 5.95 Å². The van der Waals surface area contributed by atoms with Gasteiger partial charge < -0.3 is 9.84 Å². The van der Waals surface area contributed by atoms with Gasteiger partial charge in [0.05, 0.1) is 0 Å². The van der Waals surface area contributed by atoms with E-state index in [-0.39, 0.29) is 18.1 Å². The van der Waals surface area contributed by atoms with E-state index in [4.69, 9.17) is 4.74 Å². The Morgan fingerprint density at radius 3 is 2.05 bits per heavy atom. The number of nitrogens with zero attached hydrogens (tertiary/aromatic N) is 1. The Morgan fingerprint density at radius 2 is 1.45 bits per heavy atom. The molecule has 0 fully saturated rings. The van der Waals surface area contributed by atoms with Crippen molar-refractivity contribution in [1.29, 1.82) is 0 Å². The second kappa shape index (κ2) is 5.21. The van der Waals surface area contributed by atoms with Gasteiger partial charge in [-0.15, -0.1) is 0 Å². The molecule has 1 aliphatic heterocycles.